The highest BCUT2D eigenvalue weighted by molar-refractivity contribution is 7.15. The Morgan fingerprint density at radius 1 is 1.37 bits per heavy atom. The fourth-order valence-corrected chi connectivity index (χ4v) is 3.29. The minimum absolute atomic E-state index is 0.325. The predicted octanol–water partition coefficient (Wildman–Crippen LogP) is 4.27. The van der Waals surface area contributed by atoms with Gasteiger partial charge in [-0.15, -0.1) is 11.3 Å². The molecule has 5 heteroatoms. The van der Waals surface area contributed by atoms with E-state index in [0.29, 0.717) is 5.02 Å². The van der Waals surface area contributed by atoms with Crippen molar-refractivity contribution in [2.45, 2.75) is 26.8 Å². The first kappa shape index (κ1) is 14.4. The maximum atomic E-state index is 13.1. The fraction of sp³-hybridized carbons (Fsp3) is 0.357. The van der Waals surface area contributed by atoms with Gasteiger partial charge in [-0.2, -0.15) is 0 Å². The van der Waals surface area contributed by atoms with Crippen LogP contribution in [0.5, 0.6) is 0 Å². The summed E-state index contributed by atoms with van der Waals surface area (Å²) in [6.07, 6.45) is 0.885. The van der Waals surface area contributed by atoms with E-state index >= 15 is 0 Å². The molecule has 0 saturated carbocycles. The Hall–Kier alpha value is -0.970. The third kappa shape index (κ3) is 3.32. The highest BCUT2D eigenvalue weighted by Gasteiger charge is 2.13. The highest BCUT2D eigenvalue weighted by atomic mass is 35.5. The van der Waals surface area contributed by atoms with Crippen LogP contribution in [0.1, 0.15) is 24.4 Å². The van der Waals surface area contributed by atoms with Crippen LogP contribution in [0.15, 0.2) is 18.2 Å². The Morgan fingerprint density at radius 2 is 2.16 bits per heavy atom. The molecule has 102 valence electrons. The summed E-state index contributed by atoms with van der Waals surface area (Å²) < 4.78 is 13.1. The number of hydrogen-bond acceptors (Lipinski definition) is 3. The lowest BCUT2D eigenvalue weighted by Crippen LogP contribution is -2.11. The van der Waals surface area contributed by atoms with Gasteiger partial charge in [0.25, 0.3) is 0 Å². The molecule has 0 amide bonds. The number of halogens is 2. The molecule has 1 aromatic heterocycles. The quantitative estimate of drug-likeness (QED) is 0.891. The van der Waals surface area contributed by atoms with Crippen LogP contribution in [0.2, 0.25) is 5.02 Å². The minimum atomic E-state index is -0.325. The summed E-state index contributed by atoms with van der Waals surface area (Å²) in [6, 6.07) is 4.43. The zero-order chi connectivity index (χ0) is 13.8. The Labute approximate surface area is 121 Å². The summed E-state index contributed by atoms with van der Waals surface area (Å²) in [7, 11) is 0. The Morgan fingerprint density at radius 3 is 2.79 bits per heavy atom. The molecule has 2 aromatic rings. The Bertz CT molecular complexity index is 569. The van der Waals surface area contributed by atoms with Crippen LogP contribution >= 0.6 is 22.9 Å². The smallest absolute Gasteiger partial charge is 0.125 e. The molecule has 2 rings (SSSR count). The van der Waals surface area contributed by atoms with Crippen molar-refractivity contribution in [2.75, 3.05) is 6.54 Å². The lowest BCUT2D eigenvalue weighted by atomic mass is 10.2. The second-order valence-electron chi connectivity index (χ2n) is 4.15. The van der Waals surface area contributed by atoms with E-state index in [1.807, 2.05) is 0 Å². The summed E-state index contributed by atoms with van der Waals surface area (Å²) in [5.41, 5.74) is 1.88. The van der Waals surface area contributed by atoms with Crippen molar-refractivity contribution >= 4 is 22.9 Å². The molecule has 0 atom stereocenters. The van der Waals surface area contributed by atoms with E-state index in [-0.39, 0.29) is 5.82 Å². The molecule has 0 aliphatic rings. The number of aromatic nitrogens is 1. The van der Waals surface area contributed by atoms with Crippen molar-refractivity contribution < 1.29 is 4.39 Å². The van der Waals surface area contributed by atoms with Gasteiger partial charge in [0.05, 0.1) is 10.7 Å². The van der Waals surface area contributed by atoms with Crippen LogP contribution in [-0.4, -0.2) is 11.5 Å². The van der Waals surface area contributed by atoms with Gasteiger partial charge in [-0.1, -0.05) is 25.4 Å². The number of rotatable bonds is 5. The van der Waals surface area contributed by atoms with Crippen LogP contribution in [0.4, 0.5) is 4.39 Å². The molecule has 0 unspecified atom stereocenters. The monoisotopic (exact) mass is 298 g/mol. The van der Waals surface area contributed by atoms with E-state index in [0.717, 1.165) is 35.8 Å². The van der Waals surface area contributed by atoms with Crippen LogP contribution in [-0.2, 0) is 13.0 Å². The molecular formula is C14H16ClFN2S. The molecule has 1 heterocycles. The third-order valence-electron chi connectivity index (χ3n) is 2.81. The largest absolute Gasteiger partial charge is 0.312 e. The van der Waals surface area contributed by atoms with Gasteiger partial charge in [0.1, 0.15) is 10.8 Å². The van der Waals surface area contributed by atoms with Crippen molar-refractivity contribution in [1.29, 1.82) is 0 Å². The van der Waals surface area contributed by atoms with E-state index in [2.05, 4.69) is 24.1 Å². The summed E-state index contributed by atoms with van der Waals surface area (Å²) in [4.78, 5) is 5.84. The van der Waals surface area contributed by atoms with Crippen LogP contribution in [0, 0.1) is 5.82 Å². The van der Waals surface area contributed by atoms with Gasteiger partial charge < -0.3 is 5.32 Å². The molecule has 0 aliphatic carbocycles. The van der Waals surface area contributed by atoms with Crippen molar-refractivity contribution in [3.63, 3.8) is 0 Å². The van der Waals surface area contributed by atoms with Crippen LogP contribution in [0.3, 0.4) is 0 Å². The van der Waals surface area contributed by atoms with Gasteiger partial charge in [0, 0.05) is 17.0 Å². The lowest BCUT2D eigenvalue weighted by Gasteiger charge is -2.00. The molecule has 19 heavy (non-hydrogen) atoms. The molecule has 0 saturated heterocycles. The first-order chi connectivity index (χ1) is 9.15. The lowest BCUT2D eigenvalue weighted by molar-refractivity contribution is 0.628. The second kappa shape index (κ2) is 6.46. The molecule has 0 radical (unpaired) electrons. The molecule has 2 nitrogen and oxygen atoms in total. The van der Waals surface area contributed by atoms with Crippen molar-refractivity contribution in [3.05, 3.63) is 39.6 Å². The number of hydrogen-bond donors (Lipinski definition) is 1. The molecular weight excluding hydrogens is 283 g/mol. The SMILES string of the molecule is CCNCc1sc(-c2ccc(F)cc2Cl)nc1CC. The fourth-order valence-electron chi connectivity index (χ4n) is 1.81. The Balaban J connectivity index is 2.36. The average molecular weight is 299 g/mol. The topological polar surface area (TPSA) is 24.9 Å². The molecule has 1 N–H and O–H groups in total. The van der Waals surface area contributed by atoms with Gasteiger partial charge in [0.2, 0.25) is 0 Å². The van der Waals surface area contributed by atoms with E-state index in [4.69, 9.17) is 11.6 Å². The summed E-state index contributed by atoms with van der Waals surface area (Å²) in [6.45, 7) is 5.90. The van der Waals surface area contributed by atoms with Crippen molar-refractivity contribution in [1.82, 2.24) is 10.3 Å². The number of thiazole rings is 1. The number of nitrogens with one attached hydrogen (secondary N) is 1. The molecule has 0 bridgehead atoms. The number of nitrogens with zero attached hydrogens (tertiary/aromatic N) is 1. The standard InChI is InChI=1S/C14H16ClFN2S/c1-3-12-13(8-17-4-2)19-14(18-12)10-6-5-9(16)7-11(10)15/h5-7,17H,3-4,8H2,1-2H3. The van der Waals surface area contributed by atoms with E-state index in [1.165, 1.54) is 17.0 Å². The zero-order valence-electron chi connectivity index (χ0n) is 11.0. The van der Waals surface area contributed by atoms with Crippen LogP contribution < -0.4 is 5.32 Å². The minimum Gasteiger partial charge on any atom is -0.312 e. The normalized spacial score (nSPS) is 10.9. The Kier molecular flexibility index (Phi) is 4.91. The third-order valence-corrected chi connectivity index (χ3v) is 4.25. The summed E-state index contributed by atoms with van der Waals surface area (Å²) in [5.74, 6) is -0.325. The van der Waals surface area contributed by atoms with E-state index in [9.17, 15) is 4.39 Å². The summed E-state index contributed by atoms with van der Waals surface area (Å²) in [5, 5.41) is 4.57. The maximum Gasteiger partial charge on any atom is 0.125 e. The number of aryl methyl sites for hydroxylation is 1. The second-order valence-corrected chi connectivity index (χ2v) is 5.64. The molecule has 0 aliphatic heterocycles. The maximum absolute atomic E-state index is 13.1. The van der Waals surface area contributed by atoms with Crippen LogP contribution in [0.25, 0.3) is 10.6 Å². The van der Waals surface area contributed by atoms with Crippen molar-refractivity contribution in [3.8, 4) is 10.6 Å². The predicted molar refractivity (Wildman–Crippen MR) is 79.3 cm³/mol. The molecule has 1 aromatic carbocycles. The van der Waals surface area contributed by atoms with Crippen molar-refractivity contribution in [2.24, 2.45) is 0 Å². The molecule has 0 fully saturated rings. The first-order valence-corrected chi connectivity index (χ1v) is 7.49. The molecule has 0 spiro atoms. The first-order valence-electron chi connectivity index (χ1n) is 6.30. The summed E-state index contributed by atoms with van der Waals surface area (Å²) >= 11 is 7.70. The zero-order valence-corrected chi connectivity index (χ0v) is 12.5. The van der Waals surface area contributed by atoms with E-state index < -0.39 is 0 Å². The highest BCUT2D eigenvalue weighted by Crippen LogP contribution is 2.33. The van der Waals surface area contributed by atoms with Gasteiger partial charge in [-0.05, 0) is 31.2 Å². The average Bonchev–Trinajstić information content (AvgIpc) is 2.79. The van der Waals surface area contributed by atoms with Gasteiger partial charge >= 0.3 is 0 Å². The number of benzene rings is 1. The van der Waals surface area contributed by atoms with E-state index in [1.54, 1.807) is 17.4 Å². The van der Waals surface area contributed by atoms with Gasteiger partial charge in [0.15, 0.2) is 0 Å². The van der Waals surface area contributed by atoms with Gasteiger partial charge in [-0.3, -0.25) is 0 Å². The van der Waals surface area contributed by atoms with Gasteiger partial charge in [-0.25, -0.2) is 9.37 Å².